The fourth-order valence-electron chi connectivity index (χ4n) is 3.15. The summed E-state index contributed by atoms with van der Waals surface area (Å²) >= 11 is 5.96. The molecule has 4 aromatic rings. The molecule has 3 N–H and O–H groups in total. The van der Waals surface area contributed by atoms with Crippen LogP contribution in [-0.2, 0) is 18.0 Å². The zero-order valence-electron chi connectivity index (χ0n) is 16.7. The zero-order valence-corrected chi connectivity index (χ0v) is 17.4. The summed E-state index contributed by atoms with van der Waals surface area (Å²) in [5.41, 5.74) is 10.4. The number of nitrogens with one attached hydrogen (secondary N) is 1. The Hall–Kier alpha value is -3.16. The average molecular weight is 423 g/mol. The van der Waals surface area contributed by atoms with Gasteiger partial charge in [0.05, 0.1) is 5.39 Å². The number of halogens is 1. The van der Waals surface area contributed by atoms with Gasteiger partial charge in [-0.2, -0.15) is 10.1 Å². The lowest BCUT2D eigenvalue weighted by Crippen LogP contribution is -2.06. The molecule has 0 radical (unpaired) electrons. The molecule has 0 bridgehead atoms. The molecule has 8 heteroatoms. The largest absolute Gasteiger partial charge is 0.381 e. The third-order valence-electron chi connectivity index (χ3n) is 4.62. The molecule has 0 fully saturated rings. The molecular formula is C22H23ClN6O. The van der Waals surface area contributed by atoms with Crippen LogP contribution in [0.15, 0.2) is 54.7 Å². The molecule has 0 atom stereocenters. The maximum absolute atomic E-state index is 5.96. The number of nitrogens with zero attached hydrogens (tertiary/aromatic N) is 4. The van der Waals surface area contributed by atoms with Gasteiger partial charge >= 0.3 is 0 Å². The van der Waals surface area contributed by atoms with E-state index < -0.39 is 0 Å². The van der Waals surface area contributed by atoms with Crippen molar-refractivity contribution < 1.29 is 4.74 Å². The Morgan fingerprint density at radius 2 is 2.00 bits per heavy atom. The number of hydrogen-bond donors (Lipinski definition) is 2. The molecule has 0 aliphatic heterocycles. The third kappa shape index (κ3) is 4.53. The average Bonchev–Trinajstić information content (AvgIpc) is 3.11. The van der Waals surface area contributed by atoms with Crippen molar-refractivity contribution in [3.63, 3.8) is 0 Å². The van der Waals surface area contributed by atoms with Gasteiger partial charge in [-0.25, -0.2) is 9.67 Å². The van der Waals surface area contributed by atoms with Crippen LogP contribution < -0.4 is 11.1 Å². The fourth-order valence-corrected chi connectivity index (χ4v) is 3.28. The zero-order chi connectivity index (χ0) is 20.9. The highest BCUT2D eigenvalue weighted by Crippen LogP contribution is 2.29. The van der Waals surface area contributed by atoms with Crippen LogP contribution in [0.4, 0.5) is 11.6 Å². The van der Waals surface area contributed by atoms with Crippen molar-refractivity contribution in [3.05, 3.63) is 65.3 Å². The highest BCUT2D eigenvalue weighted by molar-refractivity contribution is 6.30. The molecule has 0 amide bonds. The lowest BCUT2D eigenvalue weighted by Gasteiger charge is -2.08. The molecule has 0 aliphatic carbocycles. The Bertz CT molecular complexity index is 1140. The van der Waals surface area contributed by atoms with Gasteiger partial charge in [0.2, 0.25) is 5.95 Å². The van der Waals surface area contributed by atoms with E-state index in [1.54, 1.807) is 10.9 Å². The van der Waals surface area contributed by atoms with Crippen LogP contribution in [0, 0.1) is 0 Å². The van der Waals surface area contributed by atoms with Gasteiger partial charge in [0.1, 0.15) is 12.4 Å². The minimum absolute atomic E-state index is 0.212. The maximum Gasteiger partial charge on any atom is 0.222 e. The summed E-state index contributed by atoms with van der Waals surface area (Å²) in [6.07, 6.45) is 2.65. The molecule has 0 saturated carbocycles. The summed E-state index contributed by atoms with van der Waals surface area (Å²) in [5.74, 6) is 0.212. The first-order valence-electron chi connectivity index (χ1n) is 9.79. The smallest absolute Gasteiger partial charge is 0.222 e. The van der Waals surface area contributed by atoms with E-state index in [2.05, 4.69) is 28.3 Å². The number of fused-ring (bicyclic) bond motifs is 1. The number of nitrogen functional groups attached to an aromatic ring is 1. The number of hydrogen-bond acceptors (Lipinski definition) is 6. The molecule has 2 aromatic carbocycles. The second kappa shape index (κ2) is 9.11. The van der Waals surface area contributed by atoms with Crippen LogP contribution in [0.25, 0.3) is 22.3 Å². The summed E-state index contributed by atoms with van der Waals surface area (Å²) in [5, 5.41) is 9.74. The van der Waals surface area contributed by atoms with Crippen LogP contribution in [0.1, 0.15) is 18.9 Å². The first-order chi connectivity index (χ1) is 14.6. The molecule has 0 spiro atoms. The predicted molar refractivity (Wildman–Crippen MR) is 120 cm³/mol. The summed E-state index contributed by atoms with van der Waals surface area (Å²) in [4.78, 5) is 8.52. The van der Waals surface area contributed by atoms with Gasteiger partial charge in [0.25, 0.3) is 0 Å². The maximum atomic E-state index is 5.96. The van der Waals surface area contributed by atoms with E-state index in [-0.39, 0.29) is 5.95 Å². The summed E-state index contributed by atoms with van der Waals surface area (Å²) in [6, 6.07) is 15.9. The molecule has 0 aliphatic rings. The van der Waals surface area contributed by atoms with E-state index in [1.165, 1.54) is 0 Å². The number of rotatable bonds is 8. The lowest BCUT2D eigenvalue weighted by atomic mass is 10.1. The minimum atomic E-state index is 0.212. The Labute approximate surface area is 179 Å². The molecule has 4 rings (SSSR count). The van der Waals surface area contributed by atoms with E-state index in [0.717, 1.165) is 39.3 Å². The minimum Gasteiger partial charge on any atom is -0.381 e. The van der Waals surface area contributed by atoms with Crippen LogP contribution in [-0.4, -0.2) is 26.4 Å². The van der Waals surface area contributed by atoms with Crippen molar-refractivity contribution in [2.24, 2.45) is 0 Å². The van der Waals surface area contributed by atoms with Gasteiger partial charge in [-0.3, -0.25) is 0 Å². The molecule has 2 heterocycles. The van der Waals surface area contributed by atoms with E-state index in [9.17, 15) is 0 Å². The summed E-state index contributed by atoms with van der Waals surface area (Å²) in [7, 11) is 0. The highest BCUT2D eigenvalue weighted by Gasteiger charge is 2.15. The number of aromatic nitrogens is 4. The van der Waals surface area contributed by atoms with Gasteiger partial charge in [0, 0.05) is 35.6 Å². The van der Waals surface area contributed by atoms with E-state index in [0.29, 0.717) is 25.5 Å². The molecule has 7 nitrogen and oxygen atoms in total. The van der Waals surface area contributed by atoms with Crippen molar-refractivity contribution in [1.29, 1.82) is 0 Å². The Kier molecular flexibility index (Phi) is 6.11. The first-order valence-corrected chi connectivity index (χ1v) is 10.2. The quantitative estimate of drug-likeness (QED) is 0.399. The second-order valence-corrected chi connectivity index (χ2v) is 7.35. The van der Waals surface area contributed by atoms with Crippen LogP contribution in [0.2, 0.25) is 5.02 Å². The van der Waals surface area contributed by atoms with Crippen LogP contribution >= 0.6 is 11.6 Å². The normalized spacial score (nSPS) is 11.1. The van der Waals surface area contributed by atoms with Crippen LogP contribution in [0.5, 0.6) is 0 Å². The van der Waals surface area contributed by atoms with E-state index >= 15 is 0 Å². The van der Waals surface area contributed by atoms with Gasteiger partial charge in [0.15, 0.2) is 5.65 Å². The Balaban J connectivity index is 1.61. The monoisotopic (exact) mass is 422 g/mol. The Morgan fingerprint density at radius 1 is 1.17 bits per heavy atom. The molecule has 154 valence electrons. The van der Waals surface area contributed by atoms with Crippen molar-refractivity contribution in [1.82, 2.24) is 19.7 Å². The van der Waals surface area contributed by atoms with Gasteiger partial charge < -0.3 is 15.8 Å². The third-order valence-corrected chi connectivity index (χ3v) is 4.87. The molecule has 30 heavy (non-hydrogen) atoms. The van der Waals surface area contributed by atoms with Crippen molar-refractivity contribution in [2.75, 3.05) is 17.7 Å². The molecule has 0 saturated heterocycles. The lowest BCUT2D eigenvalue weighted by molar-refractivity contribution is 0.0721. The SMILES string of the molecule is CCCOCn1nc(-c2cccc(NCc3ccc(Cl)cc3)c2)c2cnc(N)nc21. The van der Waals surface area contributed by atoms with Crippen molar-refractivity contribution >= 4 is 34.3 Å². The van der Waals surface area contributed by atoms with Crippen molar-refractivity contribution in [2.45, 2.75) is 26.6 Å². The molecule has 2 aromatic heterocycles. The van der Waals surface area contributed by atoms with E-state index in [4.69, 9.17) is 27.2 Å². The predicted octanol–water partition coefficient (Wildman–Crippen LogP) is 4.73. The second-order valence-electron chi connectivity index (χ2n) is 6.91. The van der Waals surface area contributed by atoms with Gasteiger partial charge in [-0.1, -0.05) is 42.8 Å². The topological polar surface area (TPSA) is 90.9 Å². The fraction of sp³-hybridized carbons (Fsp3) is 0.227. The van der Waals surface area contributed by atoms with Crippen LogP contribution in [0.3, 0.4) is 0 Å². The van der Waals surface area contributed by atoms with Gasteiger partial charge in [-0.05, 0) is 36.2 Å². The summed E-state index contributed by atoms with van der Waals surface area (Å²) in [6.45, 7) is 3.73. The number of ether oxygens (including phenoxy) is 1. The van der Waals surface area contributed by atoms with Crippen molar-refractivity contribution in [3.8, 4) is 11.3 Å². The summed E-state index contributed by atoms with van der Waals surface area (Å²) < 4.78 is 7.39. The number of benzene rings is 2. The first kappa shape index (κ1) is 20.1. The molecule has 0 unspecified atom stereocenters. The highest BCUT2D eigenvalue weighted by atomic mass is 35.5. The number of anilines is 2. The van der Waals surface area contributed by atoms with Gasteiger partial charge in [-0.15, -0.1) is 0 Å². The molecular weight excluding hydrogens is 400 g/mol. The number of nitrogens with two attached hydrogens (primary N) is 1. The standard InChI is InChI=1S/C22H23ClN6O/c1-2-10-30-14-29-21-19(13-26-22(24)27-21)20(28-29)16-4-3-5-18(11-16)25-12-15-6-8-17(23)9-7-15/h3-9,11,13,25H,2,10,12,14H2,1H3,(H2,24,26,27). The Morgan fingerprint density at radius 3 is 2.80 bits per heavy atom. The van der Waals surface area contributed by atoms with E-state index in [1.807, 2.05) is 42.5 Å².